The predicted octanol–water partition coefficient (Wildman–Crippen LogP) is 3.17. The lowest BCUT2D eigenvalue weighted by Gasteiger charge is -2.22. The van der Waals surface area contributed by atoms with Gasteiger partial charge in [-0.25, -0.2) is 4.39 Å². The molecule has 1 aliphatic heterocycles. The Bertz CT molecular complexity index is 835. The Morgan fingerprint density at radius 1 is 1.15 bits per heavy atom. The first-order valence-corrected chi connectivity index (χ1v) is 8.86. The van der Waals surface area contributed by atoms with Crippen molar-refractivity contribution in [1.29, 1.82) is 0 Å². The second-order valence-corrected chi connectivity index (χ2v) is 6.37. The zero-order valence-electron chi connectivity index (χ0n) is 15.0. The maximum atomic E-state index is 13.3. The van der Waals surface area contributed by atoms with Crippen LogP contribution in [-0.2, 0) is 4.79 Å². The first-order valence-electron chi connectivity index (χ1n) is 8.86. The molecule has 0 radical (unpaired) electrons. The first kappa shape index (κ1) is 18.8. The second-order valence-electron chi connectivity index (χ2n) is 6.37. The van der Waals surface area contributed by atoms with Crippen LogP contribution in [0.4, 0.5) is 15.8 Å². The van der Waals surface area contributed by atoms with Crippen molar-refractivity contribution in [1.82, 2.24) is 5.32 Å². The number of hydrogen-bond acceptors (Lipinski definition) is 4. The lowest BCUT2D eigenvalue weighted by Crippen LogP contribution is -2.43. The Labute approximate surface area is 157 Å². The minimum absolute atomic E-state index is 0.109. The molecule has 1 fully saturated rings. The van der Waals surface area contributed by atoms with Gasteiger partial charge in [0.1, 0.15) is 11.6 Å². The fourth-order valence-corrected chi connectivity index (χ4v) is 3.01. The van der Waals surface area contributed by atoms with Crippen LogP contribution in [0.5, 0.6) is 5.75 Å². The molecule has 3 N–H and O–H groups in total. The van der Waals surface area contributed by atoms with E-state index in [1.54, 1.807) is 18.2 Å². The molecule has 2 amide bonds. The average molecular weight is 371 g/mol. The summed E-state index contributed by atoms with van der Waals surface area (Å²) in [5.74, 6) is -0.628. The number of hydrogen-bond donors (Lipinski definition) is 3. The van der Waals surface area contributed by atoms with Crippen molar-refractivity contribution in [3.05, 3.63) is 53.8 Å². The molecule has 142 valence electrons. The largest absolute Gasteiger partial charge is 0.495 e. The van der Waals surface area contributed by atoms with Crippen molar-refractivity contribution in [2.24, 2.45) is 0 Å². The summed E-state index contributed by atoms with van der Waals surface area (Å²) in [6.07, 6.45) is 2.89. The van der Waals surface area contributed by atoms with E-state index in [4.69, 9.17) is 4.74 Å². The number of piperidine rings is 1. The molecule has 6 nitrogen and oxygen atoms in total. The van der Waals surface area contributed by atoms with Gasteiger partial charge in [0.2, 0.25) is 5.91 Å². The van der Waals surface area contributed by atoms with Crippen molar-refractivity contribution >= 4 is 23.2 Å². The van der Waals surface area contributed by atoms with Crippen LogP contribution in [0.3, 0.4) is 0 Å². The van der Waals surface area contributed by atoms with E-state index in [2.05, 4.69) is 16.0 Å². The van der Waals surface area contributed by atoms with Gasteiger partial charge >= 0.3 is 0 Å². The molecule has 1 saturated heterocycles. The molecular formula is C20H22FN3O3. The van der Waals surface area contributed by atoms with Crippen LogP contribution in [0.25, 0.3) is 0 Å². The number of methoxy groups -OCH3 is 1. The van der Waals surface area contributed by atoms with Crippen LogP contribution in [0.15, 0.2) is 42.5 Å². The number of benzene rings is 2. The van der Waals surface area contributed by atoms with Crippen LogP contribution >= 0.6 is 0 Å². The number of anilines is 2. The summed E-state index contributed by atoms with van der Waals surface area (Å²) < 4.78 is 18.6. The summed E-state index contributed by atoms with van der Waals surface area (Å²) in [5, 5.41) is 8.75. The molecule has 3 rings (SSSR count). The SMILES string of the molecule is COc1ccc(NC(=O)C2CCCCN2)cc1NC(=O)c1cccc(F)c1. The zero-order valence-corrected chi connectivity index (χ0v) is 15.0. The van der Waals surface area contributed by atoms with E-state index in [0.717, 1.165) is 31.9 Å². The van der Waals surface area contributed by atoms with Gasteiger partial charge in [-0.2, -0.15) is 0 Å². The smallest absolute Gasteiger partial charge is 0.255 e. The average Bonchev–Trinajstić information content (AvgIpc) is 2.69. The molecule has 7 heteroatoms. The summed E-state index contributed by atoms with van der Waals surface area (Å²) in [4.78, 5) is 24.8. The standard InChI is InChI=1S/C20H22FN3O3/c1-27-18-9-8-15(23-20(26)16-7-2-3-10-22-16)12-17(18)24-19(25)13-5-4-6-14(21)11-13/h4-6,8-9,11-12,16,22H,2-3,7,10H2,1H3,(H,23,26)(H,24,25). The Morgan fingerprint density at radius 3 is 2.70 bits per heavy atom. The lowest BCUT2D eigenvalue weighted by molar-refractivity contribution is -0.118. The van der Waals surface area contributed by atoms with Crippen LogP contribution in [-0.4, -0.2) is 31.5 Å². The molecule has 27 heavy (non-hydrogen) atoms. The third-order valence-corrected chi connectivity index (χ3v) is 4.43. The molecule has 1 unspecified atom stereocenters. The van der Waals surface area contributed by atoms with E-state index in [0.29, 0.717) is 17.1 Å². The molecule has 0 aliphatic carbocycles. The Morgan fingerprint density at radius 2 is 2.00 bits per heavy atom. The Balaban J connectivity index is 1.75. The van der Waals surface area contributed by atoms with Gasteiger partial charge in [-0.05, 0) is 55.8 Å². The molecule has 2 aromatic carbocycles. The molecular weight excluding hydrogens is 349 g/mol. The molecule has 1 atom stereocenters. The Hall–Kier alpha value is -2.93. The highest BCUT2D eigenvalue weighted by Crippen LogP contribution is 2.28. The van der Waals surface area contributed by atoms with Crippen LogP contribution < -0.4 is 20.7 Å². The molecule has 0 spiro atoms. The van der Waals surface area contributed by atoms with Crippen molar-refractivity contribution in [3.8, 4) is 5.75 Å². The number of nitrogens with one attached hydrogen (secondary N) is 3. The summed E-state index contributed by atoms with van der Waals surface area (Å²) in [6, 6.07) is 10.2. The van der Waals surface area contributed by atoms with E-state index < -0.39 is 11.7 Å². The quantitative estimate of drug-likeness (QED) is 0.754. The van der Waals surface area contributed by atoms with Gasteiger partial charge in [0, 0.05) is 11.3 Å². The van der Waals surface area contributed by atoms with E-state index in [1.165, 1.54) is 25.3 Å². The summed E-state index contributed by atoms with van der Waals surface area (Å²) in [6.45, 7) is 0.829. The fraction of sp³-hybridized carbons (Fsp3) is 0.300. The number of carbonyl (C=O) groups is 2. The van der Waals surface area contributed by atoms with Gasteiger partial charge in [0.05, 0.1) is 18.8 Å². The lowest BCUT2D eigenvalue weighted by atomic mass is 10.0. The number of carbonyl (C=O) groups excluding carboxylic acids is 2. The van der Waals surface area contributed by atoms with Gasteiger partial charge in [-0.3, -0.25) is 9.59 Å². The van der Waals surface area contributed by atoms with E-state index >= 15 is 0 Å². The predicted molar refractivity (Wildman–Crippen MR) is 102 cm³/mol. The fourth-order valence-electron chi connectivity index (χ4n) is 3.01. The number of amides is 2. The van der Waals surface area contributed by atoms with Gasteiger partial charge in [0.15, 0.2) is 0 Å². The van der Waals surface area contributed by atoms with Gasteiger partial charge in [-0.15, -0.1) is 0 Å². The monoisotopic (exact) mass is 371 g/mol. The van der Waals surface area contributed by atoms with E-state index in [1.807, 2.05) is 0 Å². The molecule has 1 aliphatic rings. The van der Waals surface area contributed by atoms with Crippen LogP contribution in [0.2, 0.25) is 0 Å². The number of halogens is 1. The highest BCUT2D eigenvalue weighted by Gasteiger charge is 2.21. The maximum absolute atomic E-state index is 13.3. The normalized spacial score (nSPS) is 16.4. The molecule has 0 aromatic heterocycles. The summed E-state index contributed by atoms with van der Waals surface area (Å²) >= 11 is 0. The van der Waals surface area contributed by atoms with Crippen LogP contribution in [0, 0.1) is 5.82 Å². The molecule has 1 heterocycles. The second kappa shape index (κ2) is 8.64. The highest BCUT2D eigenvalue weighted by molar-refractivity contribution is 6.05. The topological polar surface area (TPSA) is 79.5 Å². The third-order valence-electron chi connectivity index (χ3n) is 4.43. The van der Waals surface area contributed by atoms with E-state index in [-0.39, 0.29) is 17.5 Å². The highest BCUT2D eigenvalue weighted by atomic mass is 19.1. The van der Waals surface area contributed by atoms with Gasteiger partial charge in [0.25, 0.3) is 5.91 Å². The summed E-state index contributed by atoms with van der Waals surface area (Å²) in [5.41, 5.74) is 1.13. The van der Waals surface area contributed by atoms with Crippen molar-refractivity contribution in [3.63, 3.8) is 0 Å². The van der Waals surface area contributed by atoms with Crippen molar-refractivity contribution in [2.75, 3.05) is 24.3 Å². The molecule has 2 aromatic rings. The van der Waals surface area contributed by atoms with Gasteiger partial charge in [-0.1, -0.05) is 12.5 Å². The van der Waals surface area contributed by atoms with Gasteiger partial charge < -0.3 is 20.7 Å². The Kier molecular flexibility index (Phi) is 6.03. The number of rotatable bonds is 5. The maximum Gasteiger partial charge on any atom is 0.255 e. The minimum atomic E-state index is -0.490. The number of ether oxygens (including phenoxy) is 1. The first-order chi connectivity index (χ1) is 13.1. The van der Waals surface area contributed by atoms with Crippen molar-refractivity contribution in [2.45, 2.75) is 25.3 Å². The molecule has 0 saturated carbocycles. The molecule has 0 bridgehead atoms. The summed E-state index contributed by atoms with van der Waals surface area (Å²) in [7, 11) is 1.48. The van der Waals surface area contributed by atoms with Crippen LogP contribution in [0.1, 0.15) is 29.6 Å². The van der Waals surface area contributed by atoms with Crippen molar-refractivity contribution < 1.29 is 18.7 Å². The minimum Gasteiger partial charge on any atom is -0.495 e. The van der Waals surface area contributed by atoms with E-state index in [9.17, 15) is 14.0 Å². The third kappa shape index (κ3) is 4.83. The zero-order chi connectivity index (χ0) is 19.2.